The number of benzene rings is 1. The van der Waals surface area contributed by atoms with E-state index < -0.39 is 0 Å². The average Bonchev–Trinajstić information content (AvgIpc) is 3.14. The first-order valence-electron chi connectivity index (χ1n) is 9.19. The minimum Gasteiger partial charge on any atom is -0.353 e. The topological polar surface area (TPSA) is 72.7 Å². The zero-order valence-electron chi connectivity index (χ0n) is 16.3. The molecule has 1 amide bonds. The Labute approximate surface area is 184 Å². The fourth-order valence-corrected chi connectivity index (χ4v) is 3.73. The van der Waals surface area contributed by atoms with Crippen molar-refractivity contribution in [1.82, 2.24) is 25.1 Å². The lowest BCUT2D eigenvalue weighted by atomic mass is 10.2. The number of carbonyl (C=O) groups excluding carboxylic acids is 1. The molecule has 0 aliphatic rings. The molecule has 152 valence electrons. The number of rotatable bonds is 7. The lowest BCUT2D eigenvalue weighted by Crippen LogP contribution is -2.37. The van der Waals surface area contributed by atoms with E-state index in [1.165, 1.54) is 11.8 Å². The van der Waals surface area contributed by atoms with Gasteiger partial charge in [-0.05, 0) is 50.6 Å². The minimum atomic E-state index is -0.350. The predicted octanol–water partition coefficient (Wildman–Crippen LogP) is 5.03. The standard InChI is InChI=1S/C20H21Cl2N5OS/c1-4-12(2)24-19(28)13(3)29-20-26-25-18(14-6-5-9-23-11-14)27(20)15-7-8-16(21)17(22)10-15/h5-13H,4H2,1-3H3,(H,24,28). The fourth-order valence-electron chi connectivity index (χ4n) is 2.56. The smallest absolute Gasteiger partial charge is 0.233 e. The molecule has 3 aromatic rings. The lowest BCUT2D eigenvalue weighted by Gasteiger charge is -2.16. The Morgan fingerprint density at radius 3 is 2.66 bits per heavy atom. The van der Waals surface area contributed by atoms with E-state index in [0.29, 0.717) is 21.0 Å². The quantitative estimate of drug-likeness (QED) is 0.511. The van der Waals surface area contributed by atoms with Crippen LogP contribution in [0, 0.1) is 0 Å². The molecule has 2 atom stereocenters. The number of hydrogen-bond donors (Lipinski definition) is 1. The van der Waals surface area contributed by atoms with Gasteiger partial charge in [-0.1, -0.05) is 41.9 Å². The van der Waals surface area contributed by atoms with Crippen LogP contribution in [0.2, 0.25) is 10.0 Å². The molecular formula is C20H21Cl2N5OS. The van der Waals surface area contributed by atoms with Crippen molar-refractivity contribution >= 4 is 40.9 Å². The molecule has 29 heavy (non-hydrogen) atoms. The number of aromatic nitrogens is 4. The van der Waals surface area contributed by atoms with E-state index in [1.54, 1.807) is 24.5 Å². The van der Waals surface area contributed by atoms with E-state index in [9.17, 15) is 4.79 Å². The molecule has 6 nitrogen and oxygen atoms in total. The van der Waals surface area contributed by atoms with Gasteiger partial charge < -0.3 is 5.32 Å². The molecule has 1 N–H and O–H groups in total. The third kappa shape index (κ3) is 5.10. The van der Waals surface area contributed by atoms with Gasteiger partial charge in [0.05, 0.1) is 21.0 Å². The van der Waals surface area contributed by atoms with Crippen LogP contribution in [0.15, 0.2) is 47.9 Å². The van der Waals surface area contributed by atoms with Gasteiger partial charge in [-0.2, -0.15) is 0 Å². The maximum Gasteiger partial charge on any atom is 0.233 e. The molecule has 3 rings (SSSR count). The molecule has 0 saturated carbocycles. The average molecular weight is 450 g/mol. The molecule has 0 radical (unpaired) electrons. The largest absolute Gasteiger partial charge is 0.353 e. The Morgan fingerprint density at radius 1 is 1.21 bits per heavy atom. The Balaban J connectivity index is 2.00. The molecule has 9 heteroatoms. The number of halogens is 2. The monoisotopic (exact) mass is 449 g/mol. The van der Waals surface area contributed by atoms with Crippen LogP contribution in [0.25, 0.3) is 17.1 Å². The molecule has 0 fully saturated rings. The van der Waals surface area contributed by atoms with Crippen LogP contribution in [0.1, 0.15) is 27.2 Å². The van der Waals surface area contributed by atoms with Gasteiger partial charge in [0.2, 0.25) is 5.91 Å². The highest BCUT2D eigenvalue weighted by atomic mass is 35.5. The maximum atomic E-state index is 12.5. The van der Waals surface area contributed by atoms with Crippen molar-refractivity contribution in [2.24, 2.45) is 0 Å². The summed E-state index contributed by atoms with van der Waals surface area (Å²) in [7, 11) is 0. The van der Waals surface area contributed by atoms with Gasteiger partial charge >= 0.3 is 0 Å². The summed E-state index contributed by atoms with van der Waals surface area (Å²) in [5.41, 5.74) is 1.55. The van der Waals surface area contributed by atoms with E-state index in [4.69, 9.17) is 23.2 Å². The molecule has 0 spiro atoms. The first kappa shape index (κ1) is 21.6. The van der Waals surface area contributed by atoms with E-state index in [0.717, 1.165) is 17.7 Å². The Kier molecular flexibility index (Phi) is 7.16. The second-order valence-electron chi connectivity index (χ2n) is 6.56. The molecule has 2 heterocycles. The number of nitrogens with one attached hydrogen (secondary N) is 1. The Hall–Kier alpha value is -2.09. The zero-order chi connectivity index (χ0) is 21.0. The molecular weight excluding hydrogens is 429 g/mol. The minimum absolute atomic E-state index is 0.0454. The van der Waals surface area contributed by atoms with Crippen molar-refractivity contribution in [1.29, 1.82) is 0 Å². The van der Waals surface area contributed by atoms with Gasteiger partial charge in [0, 0.05) is 24.0 Å². The van der Waals surface area contributed by atoms with Gasteiger partial charge in [-0.3, -0.25) is 14.3 Å². The highest BCUT2D eigenvalue weighted by Crippen LogP contribution is 2.32. The summed E-state index contributed by atoms with van der Waals surface area (Å²) in [6, 6.07) is 9.16. The van der Waals surface area contributed by atoms with Crippen molar-refractivity contribution in [2.75, 3.05) is 0 Å². The second-order valence-corrected chi connectivity index (χ2v) is 8.68. The van der Waals surface area contributed by atoms with Crippen molar-refractivity contribution in [2.45, 2.75) is 43.6 Å². The number of thioether (sulfide) groups is 1. The lowest BCUT2D eigenvalue weighted by molar-refractivity contribution is -0.120. The van der Waals surface area contributed by atoms with Gasteiger partial charge in [0.15, 0.2) is 11.0 Å². The zero-order valence-corrected chi connectivity index (χ0v) is 18.6. The number of hydrogen-bond acceptors (Lipinski definition) is 5. The van der Waals surface area contributed by atoms with E-state index in [2.05, 4.69) is 20.5 Å². The van der Waals surface area contributed by atoms with Crippen LogP contribution in [-0.2, 0) is 4.79 Å². The molecule has 0 aliphatic carbocycles. The summed E-state index contributed by atoms with van der Waals surface area (Å²) in [5, 5.41) is 12.8. The number of nitrogens with zero attached hydrogens (tertiary/aromatic N) is 4. The molecule has 0 aliphatic heterocycles. The normalized spacial score (nSPS) is 13.1. The van der Waals surface area contributed by atoms with Gasteiger partial charge in [0.25, 0.3) is 0 Å². The summed E-state index contributed by atoms with van der Waals surface area (Å²) in [5.74, 6) is 0.560. The highest BCUT2D eigenvalue weighted by molar-refractivity contribution is 8.00. The molecule has 0 saturated heterocycles. The van der Waals surface area contributed by atoms with Crippen LogP contribution >= 0.6 is 35.0 Å². The highest BCUT2D eigenvalue weighted by Gasteiger charge is 2.23. The first-order valence-corrected chi connectivity index (χ1v) is 10.8. The Bertz CT molecular complexity index is 996. The fraction of sp³-hybridized carbons (Fsp3) is 0.300. The molecule has 0 bridgehead atoms. The van der Waals surface area contributed by atoms with E-state index in [1.807, 2.05) is 43.5 Å². The summed E-state index contributed by atoms with van der Waals surface area (Å²) in [4.78, 5) is 16.7. The summed E-state index contributed by atoms with van der Waals surface area (Å²) in [6.07, 6.45) is 4.28. The summed E-state index contributed by atoms with van der Waals surface area (Å²) < 4.78 is 1.86. The SMILES string of the molecule is CCC(C)NC(=O)C(C)Sc1nnc(-c2cccnc2)n1-c1ccc(Cl)c(Cl)c1. The van der Waals surface area contributed by atoms with Crippen molar-refractivity contribution in [3.8, 4) is 17.1 Å². The summed E-state index contributed by atoms with van der Waals surface area (Å²) in [6.45, 7) is 5.86. The van der Waals surface area contributed by atoms with Gasteiger partial charge in [0.1, 0.15) is 0 Å². The second kappa shape index (κ2) is 9.61. The third-order valence-electron chi connectivity index (χ3n) is 4.37. The van der Waals surface area contributed by atoms with E-state index in [-0.39, 0.29) is 17.2 Å². The van der Waals surface area contributed by atoms with Crippen LogP contribution in [0.4, 0.5) is 0 Å². The van der Waals surface area contributed by atoms with Crippen LogP contribution in [0.3, 0.4) is 0 Å². The van der Waals surface area contributed by atoms with Crippen LogP contribution in [0.5, 0.6) is 0 Å². The van der Waals surface area contributed by atoms with E-state index >= 15 is 0 Å². The van der Waals surface area contributed by atoms with Crippen molar-refractivity contribution in [3.05, 3.63) is 52.8 Å². The van der Waals surface area contributed by atoms with Crippen molar-refractivity contribution < 1.29 is 4.79 Å². The predicted molar refractivity (Wildman–Crippen MR) is 118 cm³/mol. The van der Waals surface area contributed by atoms with Gasteiger partial charge in [-0.15, -0.1) is 10.2 Å². The van der Waals surface area contributed by atoms with Crippen molar-refractivity contribution in [3.63, 3.8) is 0 Å². The van der Waals surface area contributed by atoms with Gasteiger partial charge in [-0.25, -0.2) is 0 Å². The molecule has 1 aromatic carbocycles. The number of carbonyl (C=O) groups is 1. The maximum absolute atomic E-state index is 12.5. The number of amides is 1. The van der Waals surface area contributed by atoms with Crippen LogP contribution < -0.4 is 5.32 Å². The Morgan fingerprint density at radius 2 is 2.00 bits per heavy atom. The summed E-state index contributed by atoms with van der Waals surface area (Å²) >= 11 is 13.7. The molecule has 2 aromatic heterocycles. The number of pyridine rings is 1. The third-order valence-corrected chi connectivity index (χ3v) is 6.15. The first-order chi connectivity index (χ1) is 13.9. The van der Waals surface area contributed by atoms with Crippen LogP contribution in [-0.4, -0.2) is 36.9 Å². The molecule has 2 unspecified atom stereocenters.